The third-order valence-electron chi connectivity index (χ3n) is 7.99. The number of hydrogen-bond acceptors (Lipinski definition) is 8. The van der Waals surface area contributed by atoms with Crippen LogP contribution in [0, 0.1) is 5.41 Å². The van der Waals surface area contributed by atoms with Gasteiger partial charge >= 0.3 is 6.47 Å². The number of hydrogen-bond donors (Lipinski definition) is 2. The first-order chi connectivity index (χ1) is 21.1. The predicted molar refractivity (Wildman–Crippen MR) is 165 cm³/mol. The van der Waals surface area contributed by atoms with Gasteiger partial charge in [0.05, 0.1) is 18.4 Å². The van der Waals surface area contributed by atoms with E-state index in [-0.39, 0.29) is 17.7 Å². The van der Waals surface area contributed by atoms with Crippen LogP contribution in [0.15, 0.2) is 64.6 Å². The Kier molecular flexibility index (Phi) is 9.73. The number of amidine groups is 1. The summed E-state index contributed by atoms with van der Waals surface area (Å²) in [6.07, 6.45) is 8.27. The Bertz CT molecular complexity index is 1650. The molecule has 0 amide bonds. The van der Waals surface area contributed by atoms with Crippen molar-refractivity contribution in [3.05, 3.63) is 87.6 Å². The van der Waals surface area contributed by atoms with Crippen molar-refractivity contribution in [2.24, 2.45) is 4.99 Å². The van der Waals surface area contributed by atoms with Crippen molar-refractivity contribution < 1.29 is 14.4 Å². The van der Waals surface area contributed by atoms with Gasteiger partial charge < -0.3 is 15.0 Å². The van der Waals surface area contributed by atoms with Crippen molar-refractivity contribution in [2.75, 3.05) is 13.7 Å². The van der Waals surface area contributed by atoms with Gasteiger partial charge in [-0.15, -0.1) is 0 Å². The van der Waals surface area contributed by atoms with Gasteiger partial charge in [-0.05, 0) is 48.8 Å². The first-order valence-electron chi connectivity index (χ1n) is 14.7. The number of benzene rings is 2. The van der Waals surface area contributed by atoms with Crippen molar-refractivity contribution in [3.63, 3.8) is 0 Å². The number of nitrogens with one attached hydrogen (secondary N) is 2. The summed E-state index contributed by atoms with van der Waals surface area (Å²) in [7, 11) is 1.63. The average molecular weight is 584 g/mol. The second-order valence-corrected chi connectivity index (χ2v) is 10.6. The van der Waals surface area contributed by atoms with Gasteiger partial charge in [0.25, 0.3) is 5.56 Å². The highest BCUT2D eigenvalue weighted by Gasteiger charge is 2.28. The van der Waals surface area contributed by atoms with Crippen LogP contribution in [0.2, 0.25) is 0 Å². The van der Waals surface area contributed by atoms with Crippen molar-refractivity contribution in [1.82, 2.24) is 24.6 Å². The molecule has 5 rings (SSSR count). The van der Waals surface area contributed by atoms with Crippen LogP contribution in [0.5, 0.6) is 0 Å². The lowest BCUT2D eigenvalue weighted by Crippen LogP contribution is -2.35. The van der Waals surface area contributed by atoms with Crippen LogP contribution in [0.1, 0.15) is 67.5 Å². The van der Waals surface area contributed by atoms with Crippen LogP contribution in [0.25, 0.3) is 16.9 Å². The molecule has 2 heterocycles. The molecule has 0 bridgehead atoms. The van der Waals surface area contributed by atoms with Gasteiger partial charge in [0.2, 0.25) is 5.78 Å². The van der Waals surface area contributed by atoms with Crippen molar-refractivity contribution in [3.8, 4) is 11.1 Å². The molecule has 2 N–H and O–H groups in total. The molecule has 1 fully saturated rings. The molecule has 0 unspecified atom stereocenters. The van der Waals surface area contributed by atoms with Gasteiger partial charge in [0.1, 0.15) is 6.33 Å². The summed E-state index contributed by atoms with van der Waals surface area (Å²) in [4.78, 5) is 38.4. The van der Waals surface area contributed by atoms with Gasteiger partial charge in [-0.25, -0.2) is 10.00 Å². The monoisotopic (exact) mass is 583 g/mol. The van der Waals surface area contributed by atoms with E-state index < -0.39 is 0 Å². The van der Waals surface area contributed by atoms with E-state index >= 15 is 0 Å². The van der Waals surface area contributed by atoms with Crippen molar-refractivity contribution in [2.45, 2.75) is 64.0 Å². The largest absolute Gasteiger partial charge is 0.373 e. The highest BCUT2D eigenvalue weighted by Crippen LogP contribution is 2.31. The third kappa shape index (κ3) is 6.41. The molecular formula is C32H37N7O4. The number of carbonyl (C=O) groups excluding carboxylic acids is 1. The van der Waals surface area contributed by atoms with Crippen molar-refractivity contribution in [1.29, 1.82) is 5.41 Å². The van der Waals surface area contributed by atoms with Crippen LogP contribution in [0.4, 0.5) is 0 Å². The first-order valence-corrected chi connectivity index (χ1v) is 14.7. The number of rotatable bonds is 12. The minimum absolute atomic E-state index is 0.00714. The molecule has 2 aromatic heterocycles. The van der Waals surface area contributed by atoms with Gasteiger partial charge in [-0.3, -0.25) is 19.1 Å². The normalized spacial score (nSPS) is 17.1. The molecule has 0 saturated heterocycles. The van der Waals surface area contributed by atoms with E-state index in [4.69, 9.17) is 15.0 Å². The van der Waals surface area contributed by atoms with E-state index in [2.05, 4.69) is 27.5 Å². The van der Waals surface area contributed by atoms with Gasteiger partial charge in [-0.1, -0.05) is 61.9 Å². The number of hydroxylamine groups is 1. The van der Waals surface area contributed by atoms with Crippen LogP contribution in [-0.4, -0.2) is 57.4 Å². The minimum atomic E-state index is -0.00714. The van der Waals surface area contributed by atoms with Crippen LogP contribution in [0.3, 0.4) is 0 Å². The quantitative estimate of drug-likeness (QED) is 0.110. The molecule has 43 heavy (non-hydrogen) atoms. The van der Waals surface area contributed by atoms with E-state index in [1.165, 1.54) is 12.5 Å². The van der Waals surface area contributed by atoms with E-state index in [0.717, 1.165) is 72.0 Å². The summed E-state index contributed by atoms with van der Waals surface area (Å²) in [5.74, 6) is 1.03. The Labute approximate surface area is 250 Å². The number of fused-ring (bicyclic) bond motifs is 1. The molecule has 1 saturated carbocycles. The second kappa shape index (κ2) is 14.0. The highest BCUT2D eigenvalue weighted by molar-refractivity contribution is 6.04. The Morgan fingerprint density at radius 2 is 1.91 bits per heavy atom. The Morgan fingerprint density at radius 3 is 2.60 bits per heavy atom. The number of aliphatic imine (C=N–C) groups is 1. The SMILES string of the molecule is CCCc1c(Cc2ccc(-c3ccccc3C(=NC)NOC=O)cc2)c(=O)n(C2CCC(OCC=N)CC2)c2ncnn12. The maximum Gasteiger partial charge on any atom is 0.320 e. The zero-order chi connectivity index (χ0) is 30.2. The summed E-state index contributed by atoms with van der Waals surface area (Å²) in [6, 6.07) is 15.9. The maximum atomic E-state index is 14.2. The van der Waals surface area contributed by atoms with E-state index in [1.54, 1.807) is 7.05 Å². The smallest absolute Gasteiger partial charge is 0.320 e. The lowest BCUT2D eigenvalue weighted by atomic mass is 9.92. The fourth-order valence-electron chi connectivity index (χ4n) is 5.98. The predicted octanol–water partition coefficient (Wildman–Crippen LogP) is 4.31. The molecular weight excluding hydrogens is 546 g/mol. The van der Waals surface area contributed by atoms with Crippen LogP contribution >= 0.6 is 0 Å². The second-order valence-electron chi connectivity index (χ2n) is 10.6. The lowest BCUT2D eigenvalue weighted by Gasteiger charge is -2.30. The number of carbonyl (C=O) groups is 1. The molecule has 4 aromatic rings. The van der Waals surface area contributed by atoms with Gasteiger partial charge in [0.15, 0.2) is 5.84 Å². The van der Waals surface area contributed by atoms with Gasteiger partial charge in [0, 0.05) is 36.9 Å². The average Bonchev–Trinajstić information content (AvgIpc) is 3.53. The summed E-state index contributed by atoms with van der Waals surface area (Å²) in [5, 5.41) is 11.8. The molecule has 2 aromatic carbocycles. The molecule has 1 aliphatic rings. The molecule has 0 aliphatic heterocycles. The molecule has 11 nitrogen and oxygen atoms in total. The maximum absolute atomic E-state index is 14.2. The lowest BCUT2D eigenvalue weighted by molar-refractivity contribution is -0.132. The zero-order valence-corrected chi connectivity index (χ0v) is 24.5. The Balaban J connectivity index is 1.47. The zero-order valence-electron chi connectivity index (χ0n) is 24.5. The van der Waals surface area contributed by atoms with E-state index in [9.17, 15) is 9.59 Å². The molecule has 0 radical (unpaired) electrons. The fourth-order valence-corrected chi connectivity index (χ4v) is 5.98. The third-order valence-corrected chi connectivity index (χ3v) is 7.99. The van der Waals surface area contributed by atoms with Crippen molar-refractivity contribution >= 4 is 24.3 Å². The molecule has 1 aliphatic carbocycles. The number of ether oxygens (including phenoxy) is 1. The number of aryl methyl sites for hydroxylation is 1. The van der Waals surface area contributed by atoms with E-state index in [0.29, 0.717) is 31.1 Å². The number of aromatic nitrogens is 4. The topological polar surface area (TPSA) is 136 Å². The fraction of sp³-hybridized carbons (Fsp3) is 0.375. The summed E-state index contributed by atoms with van der Waals surface area (Å²) in [6.45, 7) is 2.74. The molecule has 224 valence electrons. The summed E-state index contributed by atoms with van der Waals surface area (Å²) in [5.41, 5.74) is 7.92. The van der Waals surface area contributed by atoms with E-state index in [1.807, 2.05) is 57.6 Å². The molecule has 0 atom stereocenters. The number of nitrogens with zero attached hydrogens (tertiary/aromatic N) is 5. The highest BCUT2D eigenvalue weighted by atomic mass is 16.7. The van der Waals surface area contributed by atoms with Crippen LogP contribution < -0.4 is 11.0 Å². The summed E-state index contributed by atoms with van der Waals surface area (Å²) < 4.78 is 9.46. The standard InChI is InChI=1S/C32H37N7O4/c1-3-6-29-28(31(41)38(32-35-20-36-39(29)32)24-13-15-25(16-14-24)42-18-17-33)19-22-9-11-23(12-10-22)26-7-4-5-8-27(26)30(34-2)37-43-21-40/h4-5,7-12,17,20-21,24-25,33H,3,6,13-16,18-19H2,1-2H3,(H,34,37). The minimum Gasteiger partial charge on any atom is -0.373 e. The van der Waals surface area contributed by atoms with Gasteiger partial charge in [-0.2, -0.15) is 10.1 Å². The molecule has 0 spiro atoms. The molecule has 11 heteroatoms. The summed E-state index contributed by atoms with van der Waals surface area (Å²) >= 11 is 0. The Hall–Kier alpha value is -4.64. The van der Waals surface area contributed by atoms with Crippen LogP contribution in [-0.2, 0) is 27.2 Å². The first kappa shape index (κ1) is 29.8. The Morgan fingerprint density at radius 1 is 1.14 bits per heavy atom.